The molecular weight excluding hydrogens is 440 g/mol. The fourth-order valence-electron chi connectivity index (χ4n) is 4.80. The summed E-state index contributed by atoms with van der Waals surface area (Å²) < 4.78 is 2.31. The molecule has 0 bridgehead atoms. The lowest BCUT2D eigenvalue weighted by molar-refractivity contribution is -0.122. The number of nitrogens with zero attached hydrogens (tertiary/aromatic N) is 4. The molecule has 1 aromatic rings. The molecule has 3 rings (SSSR count). The Hall–Kier alpha value is -2.11. The van der Waals surface area contributed by atoms with Crippen molar-refractivity contribution in [1.29, 1.82) is 5.26 Å². The number of thiocarbonyl (C=S) groups is 1. The fourth-order valence-corrected chi connectivity index (χ4v) is 6.09. The molecule has 3 heterocycles. The van der Waals surface area contributed by atoms with Crippen LogP contribution in [0.15, 0.2) is 9.70 Å². The number of piperidine rings is 1. The van der Waals surface area contributed by atoms with E-state index in [9.17, 15) is 14.9 Å². The van der Waals surface area contributed by atoms with Gasteiger partial charge in [0.25, 0.3) is 11.5 Å². The molecule has 0 saturated carbocycles. The first-order valence-electron chi connectivity index (χ1n) is 11.4. The molecule has 0 aromatic carbocycles. The molecule has 2 atom stereocenters. The summed E-state index contributed by atoms with van der Waals surface area (Å²) in [4.78, 5) is 30.8. The van der Waals surface area contributed by atoms with Crippen molar-refractivity contribution >= 4 is 46.1 Å². The highest BCUT2D eigenvalue weighted by Gasteiger charge is 2.33. The molecule has 2 fully saturated rings. The minimum Gasteiger partial charge on any atom is -0.357 e. The second-order valence-corrected chi connectivity index (χ2v) is 10.7. The fraction of sp³-hybridized carbons (Fsp3) is 0.583. The highest BCUT2D eigenvalue weighted by Crippen LogP contribution is 2.37. The number of carbonyl (C=O) groups is 1. The number of anilines is 1. The summed E-state index contributed by atoms with van der Waals surface area (Å²) in [6.07, 6.45) is 4.61. The minimum absolute atomic E-state index is 0.0978. The number of hydrogen-bond donors (Lipinski definition) is 0. The minimum atomic E-state index is -0.247. The van der Waals surface area contributed by atoms with Gasteiger partial charge in [-0.05, 0) is 49.7 Å². The molecule has 172 valence electrons. The standard InChI is InChI=1S/C24H32N4O2S2/c1-6-8-27-21(26-13-15(3)10-16(4)14-26)18(17(5)19(12-25)22(27)29)11-20-23(30)28(9-7-2)24(31)32-20/h11,15-16H,6-10,13-14H2,1-5H3. The monoisotopic (exact) mass is 472 g/mol. The Morgan fingerprint density at radius 1 is 1.16 bits per heavy atom. The quantitative estimate of drug-likeness (QED) is 0.447. The molecule has 2 saturated heterocycles. The number of thioether (sulfide) groups is 1. The molecular formula is C24H32N4O2S2. The normalized spacial score (nSPS) is 22.7. The van der Waals surface area contributed by atoms with Gasteiger partial charge in [0.2, 0.25) is 0 Å². The first-order valence-corrected chi connectivity index (χ1v) is 12.6. The Labute approximate surface area is 200 Å². The maximum atomic E-state index is 13.3. The molecule has 2 unspecified atom stereocenters. The topological polar surface area (TPSA) is 69.3 Å². The lowest BCUT2D eigenvalue weighted by atomic mass is 9.91. The molecule has 1 amide bonds. The Morgan fingerprint density at radius 2 is 1.78 bits per heavy atom. The van der Waals surface area contributed by atoms with Crippen LogP contribution in [0, 0.1) is 30.1 Å². The van der Waals surface area contributed by atoms with Gasteiger partial charge in [-0.3, -0.25) is 19.1 Å². The van der Waals surface area contributed by atoms with Crippen LogP contribution in [0.1, 0.15) is 63.6 Å². The highest BCUT2D eigenvalue weighted by molar-refractivity contribution is 8.26. The second kappa shape index (κ2) is 10.2. The highest BCUT2D eigenvalue weighted by atomic mass is 32.2. The Bertz CT molecular complexity index is 1040. The molecule has 8 heteroatoms. The zero-order valence-electron chi connectivity index (χ0n) is 19.6. The van der Waals surface area contributed by atoms with Crippen LogP contribution >= 0.6 is 24.0 Å². The van der Waals surface area contributed by atoms with E-state index in [1.807, 2.05) is 26.8 Å². The van der Waals surface area contributed by atoms with Crippen molar-refractivity contribution in [1.82, 2.24) is 9.47 Å². The summed E-state index contributed by atoms with van der Waals surface area (Å²) in [5, 5.41) is 9.77. The van der Waals surface area contributed by atoms with E-state index in [0.29, 0.717) is 39.7 Å². The van der Waals surface area contributed by atoms with E-state index in [4.69, 9.17) is 12.2 Å². The third-order valence-corrected chi connectivity index (χ3v) is 7.44. The number of aromatic nitrogens is 1. The molecule has 32 heavy (non-hydrogen) atoms. The van der Waals surface area contributed by atoms with Gasteiger partial charge in [0.1, 0.15) is 21.8 Å². The van der Waals surface area contributed by atoms with Gasteiger partial charge in [-0.1, -0.05) is 51.7 Å². The van der Waals surface area contributed by atoms with Crippen molar-refractivity contribution in [2.24, 2.45) is 11.8 Å². The number of rotatable bonds is 6. The number of carbonyl (C=O) groups excluding carboxylic acids is 1. The Kier molecular flexibility index (Phi) is 7.84. The average Bonchev–Trinajstić information content (AvgIpc) is 2.99. The van der Waals surface area contributed by atoms with E-state index in [-0.39, 0.29) is 17.0 Å². The van der Waals surface area contributed by atoms with E-state index < -0.39 is 0 Å². The largest absolute Gasteiger partial charge is 0.357 e. The summed E-state index contributed by atoms with van der Waals surface area (Å²) in [5.41, 5.74) is 1.32. The smallest absolute Gasteiger partial charge is 0.270 e. The zero-order valence-corrected chi connectivity index (χ0v) is 21.2. The molecule has 2 aliphatic heterocycles. The summed E-state index contributed by atoms with van der Waals surface area (Å²) >= 11 is 6.74. The van der Waals surface area contributed by atoms with Crippen molar-refractivity contribution < 1.29 is 4.79 Å². The van der Waals surface area contributed by atoms with Crippen LogP contribution in [-0.4, -0.2) is 39.3 Å². The second-order valence-electron chi connectivity index (χ2n) is 8.99. The van der Waals surface area contributed by atoms with Crippen molar-refractivity contribution in [2.75, 3.05) is 24.5 Å². The number of nitriles is 1. The molecule has 0 radical (unpaired) electrons. The van der Waals surface area contributed by atoms with Crippen LogP contribution < -0.4 is 10.5 Å². The Morgan fingerprint density at radius 3 is 2.34 bits per heavy atom. The molecule has 6 nitrogen and oxygen atoms in total. The van der Waals surface area contributed by atoms with Gasteiger partial charge in [0.15, 0.2) is 0 Å². The van der Waals surface area contributed by atoms with Gasteiger partial charge >= 0.3 is 0 Å². The molecule has 1 aromatic heterocycles. The summed E-state index contributed by atoms with van der Waals surface area (Å²) in [7, 11) is 0. The van der Waals surface area contributed by atoms with Crippen molar-refractivity contribution in [3.63, 3.8) is 0 Å². The van der Waals surface area contributed by atoms with Gasteiger partial charge in [-0.15, -0.1) is 0 Å². The number of pyridine rings is 1. The Balaban J connectivity index is 2.26. The SMILES string of the molecule is CCCN1C(=O)C(=Cc2c(C)c(C#N)c(=O)n(CCC)c2N2CC(C)CC(C)C2)SC1=S. The first kappa shape index (κ1) is 24.5. The van der Waals surface area contributed by atoms with E-state index in [1.54, 1.807) is 9.47 Å². The van der Waals surface area contributed by atoms with E-state index in [1.165, 1.54) is 11.8 Å². The maximum absolute atomic E-state index is 13.3. The predicted molar refractivity (Wildman–Crippen MR) is 136 cm³/mol. The summed E-state index contributed by atoms with van der Waals surface area (Å²) in [6.45, 7) is 13.1. The van der Waals surface area contributed by atoms with Crippen molar-refractivity contribution in [3.05, 3.63) is 31.9 Å². The van der Waals surface area contributed by atoms with Gasteiger partial charge in [-0.25, -0.2) is 0 Å². The summed E-state index contributed by atoms with van der Waals surface area (Å²) in [5.74, 6) is 1.72. The number of amides is 1. The van der Waals surface area contributed by atoms with Crippen LogP contribution in [-0.2, 0) is 11.3 Å². The lowest BCUT2D eigenvalue weighted by Gasteiger charge is -2.39. The van der Waals surface area contributed by atoms with E-state index in [0.717, 1.165) is 43.7 Å². The van der Waals surface area contributed by atoms with Crippen molar-refractivity contribution in [2.45, 2.75) is 60.4 Å². The molecule has 0 aliphatic carbocycles. The summed E-state index contributed by atoms with van der Waals surface area (Å²) in [6, 6.07) is 2.12. The number of hydrogen-bond acceptors (Lipinski definition) is 6. The molecule has 0 spiro atoms. The van der Waals surface area contributed by atoms with Crippen LogP contribution in [0.5, 0.6) is 0 Å². The van der Waals surface area contributed by atoms with Crippen LogP contribution in [0.2, 0.25) is 0 Å². The molecule has 2 aliphatic rings. The van der Waals surface area contributed by atoms with Gasteiger partial charge in [0.05, 0.1) is 4.91 Å². The third-order valence-electron chi connectivity index (χ3n) is 6.06. The average molecular weight is 473 g/mol. The molecule has 0 N–H and O–H groups in total. The zero-order chi connectivity index (χ0) is 23.6. The lowest BCUT2D eigenvalue weighted by Crippen LogP contribution is -2.43. The van der Waals surface area contributed by atoms with Gasteiger partial charge in [-0.2, -0.15) is 5.26 Å². The van der Waals surface area contributed by atoms with Gasteiger partial charge in [0, 0.05) is 31.7 Å². The predicted octanol–water partition coefficient (Wildman–Crippen LogP) is 4.53. The van der Waals surface area contributed by atoms with Crippen LogP contribution in [0.3, 0.4) is 0 Å². The van der Waals surface area contributed by atoms with E-state index >= 15 is 0 Å². The van der Waals surface area contributed by atoms with E-state index in [2.05, 4.69) is 24.8 Å². The van der Waals surface area contributed by atoms with Crippen molar-refractivity contribution in [3.8, 4) is 6.07 Å². The third kappa shape index (κ3) is 4.65. The van der Waals surface area contributed by atoms with Crippen LogP contribution in [0.25, 0.3) is 6.08 Å². The van der Waals surface area contributed by atoms with Crippen LogP contribution in [0.4, 0.5) is 5.82 Å². The first-order chi connectivity index (χ1) is 15.2. The maximum Gasteiger partial charge on any atom is 0.270 e. The van der Waals surface area contributed by atoms with Gasteiger partial charge < -0.3 is 4.90 Å².